The molecule has 0 spiro atoms. The van der Waals surface area contributed by atoms with Crippen LogP contribution in [0.1, 0.15) is 12.8 Å². The Balaban J connectivity index is 1.58. The molecule has 1 fully saturated rings. The van der Waals surface area contributed by atoms with E-state index < -0.39 is 6.10 Å². The Kier molecular flexibility index (Phi) is 3.53. The SMILES string of the molecule is CN(CC1CC(O)C1)C(=O)C1CNc2ccccc2O1. The first-order valence-corrected chi connectivity index (χ1v) is 7.06. The van der Waals surface area contributed by atoms with Gasteiger partial charge in [0, 0.05) is 13.6 Å². The molecule has 5 nitrogen and oxygen atoms in total. The van der Waals surface area contributed by atoms with Crippen molar-refractivity contribution in [2.75, 3.05) is 25.5 Å². The molecular formula is C15H20N2O3. The summed E-state index contributed by atoms with van der Waals surface area (Å²) in [5, 5.41) is 12.5. The number of carbonyl (C=O) groups is 1. The molecule has 1 aromatic rings. The van der Waals surface area contributed by atoms with Crippen molar-refractivity contribution in [2.45, 2.75) is 25.0 Å². The van der Waals surface area contributed by atoms with E-state index in [0.717, 1.165) is 24.3 Å². The zero-order valence-electron chi connectivity index (χ0n) is 11.6. The van der Waals surface area contributed by atoms with E-state index in [1.165, 1.54) is 0 Å². The molecule has 1 unspecified atom stereocenters. The molecule has 0 bridgehead atoms. The molecule has 2 N–H and O–H groups in total. The third-order valence-electron chi connectivity index (χ3n) is 4.03. The van der Waals surface area contributed by atoms with E-state index >= 15 is 0 Å². The molecule has 0 aromatic heterocycles. The summed E-state index contributed by atoms with van der Waals surface area (Å²) in [5.41, 5.74) is 0.932. The molecule has 2 aliphatic rings. The summed E-state index contributed by atoms with van der Waals surface area (Å²) in [7, 11) is 1.80. The summed E-state index contributed by atoms with van der Waals surface area (Å²) in [6.07, 6.45) is 0.942. The van der Waals surface area contributed by atoms with Crippen molar-refractivity contribution in [2.24, 2.45) is 5.92 Å². The van der Waals surface area contributed by atoms with E-state index in [-0.39, 0.29) is 12.0 Å². The molecule has 0 radical (unpaired) electrons. The van der Waals surface area contributed by atoms with Gasteiger partial charge in [-0.1, -0.05) is 12.1 Å². The third kappa shape index (κ3) is 2.58. The van der Waals surface area contributed by atoms with Gasteiger partial charge in [-0.15, -0.1) is 0 Å². The molecule has 1 amide bonds. The highest BCUT2D eigenvalue weighted by Gasteiger charge is 2.32. The number of benzene rings is 1. The second-order valence-corrected chi connectivity index (χ2v) is 5.69. The standard InChI is InChI=1S/C15H20N2O3/c1-17(9-10-6-11(18)7-10)15(19)14-8-16-12-4-2-3-5-13(12)20-14/h2-5,10-11,14,16,18H,6-9H2,1H3. The highest BCUT2D eigenvalue weighted by Crippen LogP contribution is 2.30. The van der Waals surface area contributed by atoms with Crippen molar-refractivity contribution in [3.05, 3.63) is 24.3 Å². The molecule has 20 heavy (non-hydrogen) atoms. The molecule has 1 heterocycles. The first-order valence-electron chi connectivity index (χ1n) is 7.06. The molecule has 3 rings (SSSR count). The minimum absolute atomic E-state index is 0.00612. The molecule has 5 heteroatoms. The molecule has 1 atom stereocenters. The number of carbonyl (C=O) groups excluding carboxylic acids is 1. The van der Waals surface area contributed by atoms with Gasteiger partial charge < -0.3 is 20.1 Å². The number of fused-ring (bicyclic) bond motifs is 1. The predicted octanol–water partition coefficient (Wildman–Crippen LogP) is 1.09. The number of anilines is 1. The third-order valence-corrected chi connectivity index (χ3v) is 4.03. The van der Waals surface area contributed by atoms with Crippen LogP contribution < -0.4 is 10.1 Å². The number of para-hydroxylation sites is 2. The number of aliphatic hydroxyl groups excluding tert-OH is 1. The van der Waals surface area contributed by atoms with Gasteiger partial charge in [-0.2, -0.15) is 0 Å². The van der Waals surface area contributed by atoms with E-state index in [9.17, 15) is 9.90 Å². The zero-order chi connectivity index (χ0) is 14.1. The fourth-order valence-electron chi connectivity index (χ4n) is 2.82. The van der Waals surface area contributed by atoms with Gasteiger partial charge in [-0.25, -0.2) is 0 Å². The van der Waals surface area contributed by atoms with Crippen LogP contribution in [0.2, 0.25) is 0 Å². The first kappa shape index (κ1) is 13.2. The van der Waals surface area contributed by atoms with Gasteiger partial charge >= 0.3 is 0 Å². The number of rotatable bonds is 3. The van der Waals surface area contributed by atoms with Crippen molar-refractivity contribution in [3.8, 4) is 5.75 Å². The van der Waals surface area contributed by atoms with Crippen LogP contribution in [0.3, 0.4) is 0 Å². The second kappa shape index (κ2) is 5.32. The largest absolute Gasteiger partial charge is 0.477 e. The number of hydrogen-bond donors (Lipinski definition) is 2. The molecule has 1 aromatic carbocycles. The summed E-state index contributed by atoms with van der Waals surface area (Å²) in [6.45, 7) is 1.19. The number of hydrogen-bond acceptors (Lipinski definition) is 4. The summed E-state index contributed by atoms with van der Waals surface area (Å²) in [5.74, 6) is 1.14. The van der Waals surface area contributed by atoms with E-state index in [2.05, 4.69) is 5.32 Å². The first-order chi connectivity index (χ1) is 9.63. The highest BCUT2D eigenvalue weighted by molar-refractivity contribution is 5.83. The Morgan fingerprint density at radius 3 is 2.95 bits per heavy atom. The smallest absolute Gasteiger partial charge is 0.265 e. The Bertz CT molecular complexity index is 500. The Labute approximate surface area is 118 Å². The summed E-state index contributed by atoms with van der Waals surface area (Å²) in [4.78, 5) is 14.1. The van der Waals surface area contributed by atoms with Crippen LogP contribution in [-0.4, -0.2) is 48.3 Å². The van der Waals surface area contributed by atoms with Crippen molar-refractivity contribution < 1.29 is 14.6 Å². The average Bonchev–Trinajstić information content (AvgIpc) is 2.44. The van der Waals surface area contributed by atoms with Crippen molar-refractivity contribution in [1.82, 2.24) is 4.90 Å². The number of nitrogens with one attached hydrogen (secondary N) is 1. The lowest BCUT2D eigenvalue weighted by atomic mass is 9.82. The maximum Gasteiger partial charge on any atom is 0.265 e. The van der Waals surface area contributed by atoms with Crippen LogP contribution in [-0.2, 0) is 4.79 Å². The molecule has 0 saturated heterocycles. The number of aliphatic hydroxyl groups is 1. The molecule has 1 aliphatic carbocycles. The maximum atomic E-state index is 12.4. The number of likely N-dealkylation sites (N-methyl/N-ethyl adjacent to an activating group) is 1. The fraction of sp³-hybridized carbons (Fsp3) is 0.533. The predicted molar refractivity (Wildman–Crippen MR) is 75.7 cm³/mol. The summed E-state index contributed by atoms with van der Waals surface area (Å²) in [6, 6.07) is 7.64. The lowest BCUT2D eigenvalue weighted by Crippen LogP contribution is -2.48. The second-order valence-electron chi connectivity index (χ2n) is 5.69. The summed E-state index contributed by atoms with van der Waals surface area (Å²) < 4.78 is 5.77. The minimum atomic E-state index is -0.472. The number of ether oxygens (including phenoxy) is 1. The van der Waals surface area contributed by atoms with Gasteiger partial charge in [-0.05, 0) is 30.9 Å². The monoisotopic (exact) mass is 276 g/mol. The normalized spacial score (nSPS) is 27.6. The van der Waals surface area contributed by atoms with Crippen LogP contribution in [0, 0.1) is 5.92 Å². The van der Waals surface area contributed by atoms with Crippen molar-refractivity contribution in [3.63, 3.8) is 0 Å². The van der Waals surface area contributed by atoms with Gasteiger partial charge in [0.05, 0.1) is 18.3 Å². The van der Waals surface area contributed by atoms with Gasteiger partial charge in [0.1, 0.15) is 5.75 Å². The lowest BCUT2D eigenvalue weighted by Gasteiger charge is -2.36. The van der Waals surface area contributed by atoms with Crippen LogP contribution >= 0.6 is 0 Å². The number of nitrogens with zero attached hydrogens (tertiary/aromatic N) is 1. The van der Waals surface area contributed by atoms with Crippen LogP contribution in [0.25, 0.3) is 0 Å². The molecule has 108 valence electrons. The fourth-order valence-corrected chi connectivity index (χ4v) is 2.82. The van der Waals surface area contributed by atoms with E-state index in [1.807, 2.05) is 24.3 Å². The Morgan fingerprint density at radius 1 is 1.45 bits per heavy atom. The van der Waals surface area contributed by atoms with Crippen molar-refractivity contribution >= 4 is 11.6 Å². The zero-order valence-corrected chi connectivity index (χ0v) is 11.6. The van der Waals surface area contributed by atoms with E-state index in [4.69, 9.17) is 4.74 Å². The molecule has 1 saturated carbocycles. The minimum Gasteiger partial charge on any atom is -0.477 e. The average molecular weight is 276 g/mol. The Morgan fingerprint density at radius 2 is 2.20 bits per heavy atom. The number of amides is 1. The van der Waals surface area contributed by atoms with Crippen LogP contribution in [0.5, 0.6) is 5.75 Å². The van der Waals surface area contributed by atoms with Crippen molar-refractivity contribution in [1.29, 1.82) is 0 Å². The van der Waals surface area contributed by atoms with Gasteiger partial charge in [0.25, 0.3) is 5.91 Å². The highest BCUT2D eigenvalue weighted by atomic mass is 16.5. The quantitative estimate of drug-likeness (QED) is 0.867. The van der Waals surface area contributed by atoms with E-state index in [1.54, 1.807) is 11.9 Å². The van der Waals surface area contributed by atoms with Gasteiger partial charge in [-0.3, -0.25) is 4.79 Å². The van der Waals surface area contributed by atoms with Gasteiger partial charge in [0.2, 0.25) is 0 Å². The molecule has 1 aliphatic heterocycles. The summed E-state index contributed by atoms with van der Waals surface area (Å²) >= 11 is 0. The maximum absolute atomic E-state index is 12.4. The van der Waals surface area contributed by atoms with Crippen LogP contribution in [0.15, 0.2) is 24.3 Å². The van der Waals surface area contributed by atoms with Gasteiger partial charge in [0.15, 0.2) is 6.10 Å². The Hall–Kier alpha value is -1.75. The topological polar surface area (TPSA) is 61.8 Å². The molecular weight excluding hydrogens is 256 g/mol. The van der Waals surface area contributed by atoms with E-state index in [0.29, 0.717) is 19.0 Å². The lowest BCUT2D eigenvalue weighted by molar-refractivity contribution is -0.138. The van der Waals surface area contributed by atoms with Crippen LogP contribution in [0.4, 0.5) is 5.69 Å².